The number of benzene rings is 2. The van der Waals surface area contributed by atoms with Gasteiger partial charge in [0.1, 0.15) is 11.3 Å². The Kier molecular flexibility index (Phi) is 4.31. The van der Waals surface area contributed by atoms with Gasteiger partial charge in [0.25, 0.3) is 0 Å². The molecule has 124 valence electrons. The Bertz CT molecular complexity index is 889. The minimum Gasteiger partial charge on any atom is -0.546 e. The smallest absolute Gasteiger partial charge is 0.176 e. The number of aliphatic carboxylic acids is 1. The predicted octanol–water partition coefficient (Wildman–Crippen LogP) is 1.93. The first-order valence-corrected chi connectivity index (χ1v) is 7.58. The number of carbonyl (C=O) groups excluding carboxylic acids is 1. The highest BCUT2D eigenvalue weighted by molar-refractivity contribution is 6.31. The summed E-state index contributed by atoms with van der Waals surface area (Å²) in [5.74, 6) is -0.156. The maximum Gasteiger partial charge on any atom is 0.176 e. The van der Waals surface area contributed by atoms with E-state index in [1.54, 1.807) is 37.4 Å². The summed E-state index contributed by atoms with van der Waals surface area (Å²) in [5.41, 5.74) is 1.95. The van der Waals surface area contributed by atoms with Gasteiger partial charge in [0.05, 0.1) is 18.6 Å². The zero-order chi connectivity index (χ0) is 17.3. The van der Waals surface area contributed by atoms with E-state index in [1.165, 1.54) is 11.7 Å². The molecule has 7 heteroatoms. The van der Waals surface area contributed by atoms with Crippen LogP contribution in [0, 0.1) is 0 Å². The van der Waals surface area contributed by atoms with Crippen LogP contribution < -0.4 is 14.7 Å². The number of carboxylic acids is 1. The minimum atomic E-state index is -1.32. The molecule has 0 N–H and O–H groups in total. The molecule has 0 saturated heterocycles. The largest absolute Gasteiger partial charge is 0.546 e. The van der Waals surface area contributed by atoms with Crippen LogP contribution in [0.1, 0.15) is 6.92 Å². The second kappa shape index (κ2) is 6.41. The number of aromatic nitrogens is 2. The average molecular weight is 346 g/mol. The van der Waals surface area contributed by atoms with Crippen molar-refractivity contribution < 1.29 is 19.5 Å². The van der Waals surface area contributed by atoms with Crippen molar-refractivity contribution in [2.45, 2.75) is 13.0 Å². The van der Waals surface area contributed by atoms with Crippen molar-refractivity contribution in [3.05, 3.63) is 47.5 Å². The highest BCUT2D eigenvalue weighted by atomic mass is 35.5. The summed E-state index contributed by atoms with van der Waals surface area (Å²) in [6, 6.07) is 12.3. The van der Waals surface area contributed by atoms with Crippen molar-refractivity contribution in [2.24, 2.45) is 0 Å². The van der Waals surface area contributed by atoms with Gasteiger partial charge in [0.2, 0.25) is 0 Å². The first-order valence-electron chi connectivity index (χ1n) is 7.20. The van der Waals surface area contributed by atoms with Gasteiger partial charge < -0.3 is 19.5 Å². The Hall–Kier alpha value is -2.73. The number of methoxy groups -OCH3 is 1. The van der Waals surface area contributed by atoms with E-state index in [0.29, 0.717) is 27.6 Å². The Morgan fingerprint density at radius 3 is 2.58 bits per heavy atom. The third-order valence-electron chi connectivity index (χ3n) is 3.52. The van der Waals surface area contributed by atoms with Gasteiger partial charge in [-0.2, -0.15) is 4.73 Å². The van der Waals surface area contributed by atoms with Crippen LogP contribution in [-0.4, -0.2) is 28.9 Å². The van der Waals surface area contributed by atoms with Crippen LogP contribution in [0.15, 0.2) is 42.5 Å². The molecule has 24 heavy (non-hydrogen) atoms. The van der Waals surface area contributed by atoms with Crippen molar-refractivity contribution in [2.75, 3.05) is 7.11 Å². The molecule has 2 aromatic carbocycles. The van der Waals surface area contributed by atoms with Gasteiger partial charge in [-0.3, -0.25) is 0 Å². The predicted molar refractivity (Wildman–Crippen MR) is 87.8 cm³/mol. The summed E-state index contributed by atoms with van der Waals surface area (Å²) in [6.45, 7) is 1.39. The molecule has 0 radical (unpaired) electrons. The summed E-state index contributed by atoms with van der Waals surface area (Å²) in [4.78, 5) is 21.1. The van der Waals surface area contributed by atoms with Crippen molar-refractivity contribution in [1.29, 1.82) is 0 Å². The third-order valence-corrected chi connectivity index (χ3v) is 3.75. The topological polar surface area (TPSA) is 76.4 Å². The van der Waals surface area contributed by atoms with Gasteiger partial charge in [-0.05, 0) is 49.4 Å². The van der Waals surface area contributed by atoms with Gasteiger partial charge >= 0.3 is 0 Å². The highest BCUT2D eigenvalue weighted by Gasteiger charge is 2.17. The fraction of sp³-hybridized carbons (Fsp3) is 0.176. The Balaban J connectivity index is 2.15. The summed E-state index contributed by atoms with van der Waals surface area (Å²) in [5, 5.41) is 11.5. The molecule has 1 aromatic heterocycles. The fourth-order valence-electron chi connectivity index (χ4n) is 2.26. The first-order chi connectivity index (χ1) is 11.5. The third kappa shape index (κ3) is 3.00. The van der Waals surface area contributed by atoms with E-state index in [4.69, 9.17) is 21.2 Å². The number of nitrogens with zero attached hydrogens (tertiary/aromatic N) is 2. The summed E-state index contributed by atoms with van der Waals surface area (Å²) in [7, 11) is 1.58. The molecule has 0 spiro atoms. The SMILES string of the molecule is COc1ccc(-c2nc3ccc(Cl)cc3n2O[C@H](C)C(=O)[O-])cc1. The standard InChI is InChI=1S/C17H15ClN2O4/c1-10(17(21)22)24-20-15-9-12(18)5-8-14(15)19-16(20)11-3-6-13(23-2)7-4-11/h3-10H,1-2H3,(H,21,22)/p-1/t10-/m1/s1. The van der Waals surface area contributed by atoms with E-state index < -0.39 is 12.1 Å². The van der Waals surface area contributed by atoms with Crippen molar-refractivity contribution in [3.8, 4) is 17.1 Å². The number of carboxylic acid groups (broad SMARTS) is 1. The molecule has 0 amide bonds. The van der Waals surface area contributed by atoms with Gasteiger partial charge in [-0.1, -0.05) is 11.6 Å². The van der Waals surface area contributed by atoms with Crippen LogP contribution in [0.5, 0.6) is 5.75 Å². The second-order valence-electron chi connectivity index (χ2n) is 5.16. The molecule has 3 aromatic rings. The van der Waals surface area contributed by atoms with Crippen molar-refractivity contribution >= 4 is 28.6 Å². The number of hydrogen-bond acceptors (Lipinski definition) is 5. The van der Waals surface area contributed by atoms with Gasteiger partial charge in [0, 0.05) is 10.6 Å². The normalized spacial score (nSPS) is 12.1. The van der Waals surface area contributed by atoms with Gasteiger partial charge in [-0.15, -0.1) is 0 Å². The molecule has 0 aliphatic heterocycles. The molecule has 1 heterocycles. The Morgan fingerprint density at radius 1 is 1.25 bits per heavy atom. The number of rotatable bonds is 5. The number of halogens is 1. The molecule has 6 nitrogen and oxygen atoms in total. The number of carbonyl (C=O) groups is 1. The van der Waals surface area contributed by atoms with Gasteiger partial charge in [0.15, 0.2) is 11.9 Å². The van der Waals surface area contributed by atoms with Crippen LogP contribution in [-0.2, 0) is 4.79 Å². The molecular formula is C17H14ClN2O4-. The van der Waals surface area contributed by atoms with E-state index in [-0.39, 0.29) is 0 Å². The van der Waals surface area contributed by atoms with Crippen LogP contribution in [0.2, 0.25) is 5.02 Å². The number of imidazole rings is 1. The van der Waals surface area contributed by atoms with E-state index in [9.17, 15) is 9.90 Å². The lowest BCUT2D eigenvalue weighted by Crippen LogP contribution is -2.40. The quantitative estimate of drug-likeness (QED) is 0.706. The first kappa shape index (κ1) is 16.1. The lowest BCUT2D eigenvalue weighted by Gasteiger charge is -2.18. The number of hydrogen-bond donors (Lipinski definition) is 0. The highest BCUT2D eigenvalue weighted by Crippen LogP contribution is 2.27. The Labute approximate surface area is 143 Å². The molecule has 0 aliphatic rings. The van der Waals surface area contributed by atoms with Crippen molar-refractivity contribution in [3.63, 3.8) is 0 Å². The van der Waals surface area contributed by atoms with E-state index in [2.05, 4.69) is 4.98 Å². The van der Waals surface area contributed by atoms with Crippen molar-refractivity contribution in [1.82, 2.24) is 9.71 Å². The second-order valence-corrected chi connectivity index (χ2v) is 5.59. The molecule has 0 bridgehead atoms. The lowest BCUT2D eigenvalue weighted by molar-refractivity contribution is -0.315. The maximum absolute atomic E-state index is 11.0. The van der Waals surface area contributed by atoms with E-state index in [0.717, 1.165) is 5.56 Å². The minimum absolute atomic E-state index is 0.461. The molecule has 0 unspecified atom stereocenters. The monoisotopic (exact) mass is 345 g/mol. The zero-order valence-corrected chi connectivity index (χ0v) is 13.8. The number of ether oxygens (including phenoxy) is 1. The average Bonchev–Trinajstić information content (AvgIpc) is 2.92. The summed E-state index contributed by atoms with van der Waals surface area (Å²) < 4.78 is 6.51. The fourth-order valence-corrected chi connectivity index (χ4v) is 2.42. The molecule has 1 atom stereocenters. The summed E-state index contributed by atoms with van der Waals surface area (Å²) >= 11 is 6.04. The lowest BCUT2D eigenvalue weighted by atomic mass is 10.2. The molecule has 3 rings (SSSR count). The van der Waals surface area contributed by atoms with Crippen LogP contribution in [0.4, 0.5) is 0 Å². The van der Waals surface area contributed by atoms with E-state index in [1.807, 2.05) is 12.1 Å². The van der Waals surface area contributed by atoms with Gasteiger partial charge in [-0.25, -0.2) is 4.98 Å². The Morgan fingerprint density at radius 2 is 1.96 bits per heavy atom. The zero-order valence-electron chi connectivity index (χ0n) is 13.0. The van der Waals surface area contributed by atoms with Crippen LogP contribution in [0.3, 0.4) is 0 Å². The van der Waals surface area contributed by atoms with Crippen LogP contribution in [0.25, 0.3) is 22.4 Å². The molecule has 0 saturated carbocycles. The summed E-state index contributed by atoms with van der Waals surface area (Å²) in [6.07, 6.45) is -1.15. The van der Waals surface area contributed by atoms with Crippen LogP contribution >= 0.6 is 11.6 Å². The molecule has 0 aliphatic carbocycles. The molecule has 0 fully saturated rings. The maximum atomic E-state index is 11.0. The molecular weight excluding hydrogens is 332 g/mol. The van der Waals surface area contributed by atoms with E-state index >= 15 is 0 Å². The number of fused-ring (bicyclic) bond motifs is 1.